The van der Waals surface area contributed by atoms with E-state index in [1.807, 2.05) is 0 Å². The van der Waals surface area contributed by atoms with Crippen molar-refractivity contribution < 1.29 is 9.72 Å². The third-order valence-corrected chi connectivity index (χ3v) is 3.67. The molecule has 0 unspecified atom stereocenters. The van der Waals surface area contributed by atoms with Gasteiger partial charge in [-0.1, -0.05) is 35.3 Å². The Kier molecular flexibility index (Phi) is 4.77. The highest BCUT2D eigenvalue weighted by molar-refractivity contribution is 6.42. The van der Waals surface area contributed by atoms with Crippen molar-refractivity contribution in [1.82, 2.24) is 5.32 Å². The van der Waals surface area contributed by atoms with Crippen LogP contribution >= 0.6 is 23.2 Å². The monoisotopic (exact) mass is 324 g/mol. The number of carbonyl (C=O) groups excluding carboxylic acids is 1. The van der Waals surface area contributed by atoms with Crippen LogP contribution in [0.1, 0.15) is 15.9 Å². The smallest absolute Gasteiger partial charge is 0.269 e. The third kappa shape index (κ3) is 3.71. The number of rotatable bonds is 4. The Morgan fingerprint density at radius 3 is 2.43 bits per heavy atom. The van der Waals surface area contributed by atoms with Crippen molar-refractivity contribution in [1.29, 1.82) is 0 Å². The Hall–Kier alpha value is -2.11. The van der Waals surface area contributed by atoms with Gasteiger partial charge in [-0.05, 0) is 23.8 Å². The van der Waals surface area contributed by atoms with E-state index in [1.54, 1.807) is 18.2 Å². The van der Waals surface area contributed by atoms with Gasteiger partial charge in [0.2, 0.25) is 0 Å². The number of hydrogen-bond donors (Lipinski definition) is 1. The molecular formula is C14H10Cl2N2O3. The largest absolute Gasteiger partial charge is 0.348 e. The summed E-state index contributed by atoms with van der Waals surface area (Å²) in [7, 11) is 0. The second-order valence-corrected chi connectivity index (χ2v) is 4.98. The van der Waals surface area contributed by atoms with Crippen LogP contribution in [0.2, 0.25) is 10.0 Å². The summed E-state index contributed by atoms with van der Waals surface area (Å²) in [6, 6.07) is 10.5. The fraction of sp³-hybridized carbons (Fsp3) is 0.0714. The Balaban J connectivity index is 2.04. The molecule has 1 N–H and O–H groups in total. The first-order valence-corrected chi connectivity index (χ1v) is 6.70. The van der Waals surface area contributed by atoms with E-state index in [1.165, 1.54) is 24.3 Å². The lowest BCUT2D eigenvalue weighted by Crippen LogP contribution is -2.22. The molecule has 7 heteroatoms. The molecule has 5 nitrogen and oxygen atoms in total. The van der Waals surface area contributed by atoms with Crippen molar-refractivity contribution in [2.75, 3.05) is 0 Å². The Labute approximate surface area is 130 Å². The molecule has 108 valence electrons. The van der Waals surface area contributed by atoms with E-state index in [4.69, 9.17) is 23.2 Å². The lowest BCUT2D eigenvalue weighted by Gasteiger charge is -2.08. The van der Waals surface area contributed by atoms with E-state index in [0.717, 1.165) is 0 Å². The molecule has 0 aliphatic carbocycles. The quantitative estimate of drug-likeness (QED) is 0.686. The molecule has 0 heterocycles. The van der Waals surface area contributed by atoms with Gasteiger partial charge in [0.1, 0.15) is 0 Å². The molecule has 0 aromatic heterocycles. The molecule has 0 atom stereocenters. The summed E-state index contributed by atoms with van der Waals surface area (Å²) in [6.45, 7) is 0.217. The zero-order valence-corrected chi connectivity index (χ0v) is 12.2. The van der Waals surface area contributed by atoms with Crippen LogP contribution in [-0.4, -0.2) is 10.8 Å². The fourth-order valence-electron chi connectivity index (χ4n) is 1.70. The lowest BCUT2D eigenvalue weighted by molar-refractivity contribution is -0.384. The molecule has 0 spiro atoms. The van der Waals surface area contributed by atoms with Crippen LogP contribution in [-0.2, 0) is 6.54 Å². The van der Waals surface area contributed by atoms with E-state index in [9.17, 15) is 14.9 Å². The first kappa shape index (κ1) is 15.3. The summed E-state index contributed by atoms with van der Waals surface area (Å²) in [4.78, 5) is 22.0. The van der Waals surface area contributed by atoms with Crippen molar-refractivity contribution >= 4 is 34.8 Å². The number of hydrogen-bond acceptors (Lipinski definition) is 3. The average molecular weight is 325 g/mol. The van der Waals surface area contributed by atoms with E-state index in [0.29, 0.717) is 21.2 Å². The maximum Gasteiger partial charge on any atom is 0.269 e. The fourth-order valence-corrected chi connectivity index (χ4v) is 2.08. The number of nitrogens with one attached hydrogen (secondary N) is 1. The highest BCUT2D eigenvalue weighted by Gasteiger charge is 2.10. The van der Waals surface area contributed by atoms with Crippen molar-refractivity contribution in [3.05, 3.63) is 73.8 Å². The van der Waals surface area contributed by atoms with Crippen LogP contribution in [0.5, 0.6) is 0 Å². The number of nitrogens with zero attached hydrogens (tertiary/aromatic N) is 1. The van der Waals surface area contributed by atoms with Gasteiger partial charge in [0, 0.05) is 24.2 Å². The summed E-state index contributed by atoms with van der Waals surface area (Å²) < 4.78 is 0. The highest BCUT2D eigenvalue weighted by atomic mass is 35.5. The normalized spacial score (nSPS) is 10.2. The molecular weight excluding hydrogens is 315 g/mol. The van der Waals surface area contributed by atoms with E-state index in [2.05, 4.69) is 5.32 Å². The summed E-state index contributed by atoms with van der Waals surface area (Å²) in [5, 5.41) is 14.0. The Morgan fingerprint density at radius 1 is 1.14 bits per heavy atom. The van der Waals surface area contributed by atoms with Crippen molar-refractivity contribution in [2.24, 2.45) is 0 Å². The van der Waals surface area contributed by atoms with Crippen molar-refractivity contribution in [2.45, 2.75) is 6.54 Å². The predicted molar refractivity (Wildman–Crippen MR) is 80.7 cm³/mol. The number of non-ortho nitro benzene ring substituents is 1. The van der Waals surface area contributed by atoms with Crippen LogP contribution in [0.3, 0.4) is 0 Å². The number of halogens is 2. The van der Waals surface area contributed by atoms with Gasteiger partial charge in [0.15, 0.2) is 0 Å². The van der Waals surface area contributed by atoms with Crippen LogP contribution in [0, 0.1) is 10.1 Å². The standard InChI is InChI=1S/C14H10Cl2N2O3/c15-12-3-1-2-10(13(12)16)8-17-14(19)9-4-6-11(7-5-9)18(20)21/h1-7H,8H2,(H,17,19). The van der Waals surface area contributed by atoms with Gasteiger partial charge in [0.25, 0.3) is 11.6 Å². The lowest BCUT2D eigenvalue weighted by atomic mass is 10.2. The molecule has 0 bridgehead atoms. The molecule has 0 fully saturated rings. The molecule has 1 amide bonds. The van der Waals surface area contributed by atoms with E-state index in [-0.39, 0.29) is 18.1 Å². The maximum absolute atomic E-state index is 11.9. The molecule has 0 aliphatic rings. The topological polar surface area (TPSA) is 72.2 Å². The summed E-state index contributed by atoms with van der Waals surface area (Å²) in [5.41, 5.74) is 0.961. The number of amides is 1. The van der Waals surface area contributed by atoms with Crippen molar-refractivity contribution in [3.63, 3.8) is 0 Å². The first-order chi connectivity index (χ1) is 9.99. The van der Waals surface area contributed by atoms with Gasteiger partial charge in [-0.25, -0.2) is 0 Å². The van der Waals surface area contributed by atoms with Gasteiger partial charge in [-0.2, -0.15) is 0 Å². The molecule has 2 aromatic rings. The first-order valence-electron chi connectivity index (χ1n) is 5.94. The number of benzene rings is 2. The molecule has 0 aliphatic heterocycles. The minimum absolute atomic E-state index is 0.0653. The maximum atomic E-state index is 11.9. The molecule has 21 heavy (non-hydrogen) atoms. The van der Waals surface area contributed by atoms with Gasteiger partial charge >= 0.3 is 0 Å². The van der Waals surface area contributed by atoms with E-state index < -0.39 is 4.92 Å². The summed E-state index contributed by atoms with van der Waals surface area (Å²) >= 11 is 11.9. The summed E-state index contributed by atoms with van der Waals surface area (Å²) in [5.74, 6) is -0.346. The number of nitro benzene ring substituents is 1. The van der Waals surface area contributed by atoms with Gasteiger partial charge < -0.3 is 5.32 Å². The minimum atomic E-state index is -0.520. The van der Waals surface area contributed by atoms with E-state index >= 15 is 0 Å². The Morgan fingerprint density at radius 2 is 1.81 bits per heavy atom. The molecule has 0 saturated heterocycles. The third-order valence-electron chi connectivity index (χ3n) is 2.81. The number of nitro groups is 1. The zero-order valence-electron chi connectivity index (χ0n) is 10.7. The molecule has 0 saturated carbocycles. The molecule has 0 radical (unpaired) electrons. The van der Waals surface area contributed by atoms with Crippen molar-refractivity contribution in [3.8, 4) is 0 Å². The SMILES string of the molecule is O=C(NCc1cccc(Cl)c1Cl)c1ccc([N+](=O)[O-])cc1. The second kappa shape index (κ2) is 6.56. The van der Waals surface area contributed by atoms with Crippen LogP contribution in [0.15, 0.2) is 42.5 Å². The molecule has 2 rings (SSSR count). The zero-order chi connectivity index (χ0) is 15.4. The van der Waals surface area contributed by atoms with Gasteiger partial charge in [-0.3, -0.25) is 14.9 Å². The van der Waals surface area contributed by atoms with Crippen LogP contribution < -0.4 is 5.32 Å². The van der Waals surface area contributed by atoms with Gasteiger partial charge in [0.05, 0.1) is 15.0 Å². The Bertz CT molecular complexity index is 687. The highest BCUT2D eigenvalue weighted by Crippen LogP contribution is 2.25. The predicted octanol–water partition coefficient (Wildman–Crippen LogP) is 3.83. The second-order valence-electron chi connectivity index (χ2n) is 4.20. The van der Waals surface area contributed by atoms with Gasteiger partial charge in [-0.15, -0.1) is 0 Å². The molecule has 2 aromatic carbocycles. The van der Waals surface area contributed by atoms with Crippen LogP contribution in [0.25, 0.3) is 0 Å². The number of carbonyl (C=O) groups is 1. The summed E-state index contributed by atoms with van der Waals surface area (Å²) in [6.07, 6.45) is 0. The van der Waals surface area contributed by atoms with Crippen LogP contribution in [0.4, 0.5) is 5.69 Å². The average Bonchev–Trinajstić information content (AvgIpc) is 2.48. The minimum Gasteiger partial charge on any atom is -0.348 e.